The summed E-state index contributed by atoms with van der Waals surface area (Å²) in [5, 5.41) is 21.1. The van der Waals surface area contributed by atoms with Gasteiger partial charge in [0, 0.05) is 41.9 Å². The van der Waals surface area contributed by atoms with Crippen LogP contribution in [0.5, 0.6) is 5.75 Å². The maximum absolute atomic E-state index is 10.3. The number of benzene rings is 1. The second-order valence-corrected chi connectivity index (χ2v) is 6.37. The van der Waals surface area contributed by atoms with Gasteiger partial charge in [-0.1, -0.05) is 6.07 Å². The van der Waals surface area contributed by atoms with E-state index in [0.29, 0.717) is 17.2 Å². The molecule has 3 aromatic rings. The highest BCUT2D eigenvalue weighted by Gasteiger charge is 2.20. The third-order valence-corrected chi connectivity index (χ3v) is 4.57. The number of aromatic hydroxyl groups is 1. The lowest BCUT2D eigenvalue weighted by Crippen LogP contribution is -2.07. The molecule has 5 nitrogen and oxygen atoms in total. The molecule has 1 atom stereocenters. The molecule has 0 unspecified atom stereocenters. The smallest absolute Gasteiger partial charge is 0.125 e. The maximum atomic E-state index is 10.3. The molecule has 0 radical (unpaired) electrons. The van der Waals surface area contributed by atoms with Crippen LogP contribution < -0.4 is 0 Å². The standard InChI is InChI=1S/C19H19N3O2/c1-12-2-3-15(18(23)8-12)19-14-4-6-20-10-16(14)17(21-22-19)9-13-5-7-24-11-13/h2-4,6,8,10,13,23H,5,7,9,11H2,1H3/t13-/m1/s1. The van der Waals surface area contributed by atoms with Crippen LogP contribution in [-0.4, -0.2) is 33.5 Å². The number of nitrogens with zero attached hydrogens (tertiary/aromatic N) is 3. The molecule has 0 spiro atoms. The van der Waals surface area contributed by atoms with Crippen molar-refractivity contribution in [3.8, 4) is 17.0 Å². The molecule has 1 aliphatic rings. The Hall–Kier alpha value is -2.53. The van der Waals surface area contributed by atoms with Crippen LogP contribution in [0.15, 0.2) is 36.7 Å². The number of pyridine rings is 1. The number of ether oxygens (including phenoxy) is 1. The van der Waals surface area contributed by atoms with Crippen molar-refractivity contribution in [2.45, 2.75) is 19.8 Å². The molecule has 122 valence electrons. The van der Waals surface area contributed by atoms with E-state index in [-0.39, 0.29) is 5.75 Å². The van der Waals surface area contributed by atoms with Crippen molar-refractivity contribution in [2.24, 2.45) is 5.92 Å². The van der Waals surface area contributed by atoms with Gasteiger partial charge >= 0.3 is 0 Å². The maximum Gasteiger partial charge on any atom is 0.125 e. The zero-order valence-corrected chi connectivity index (χ0v) is 13.6. The fourth-order valence-electron chi connectivity index (χ4n) is 3.26. The Labute approximate surface area is 140 Å². The van der Waals surface area contributed by atoms with E-state index in [9.17, 15) is 5.11 Å². The van der Waals surface area contributed by atoms with E-state index < -0.39 is 0 Å². The number of phenolic OH excluding ortho intramolecular Hbond substituents is 1. The molecular formula is C19H19N3O2. The largest absolute Gasteiger partial charge is 0.507 e. The minimum atomic E-state index is 0.222. The zero-order valence-electron chi connectivity index (χ0n) is 13.6. The van der Waals surface area contributed by atoms with E-state index in [1.807, 2.05) is 31.3 Å². The van der Waals surface area contributed by atoms with Crippen LogP contribution in [-0.2, 0) is 11.2 Å². The van der Waals surface area contributed by atoms with E-state index >= 15 is 0 Å². The Morgan fingerprint density at radius 1 is 1.21 bits per heavy atom. The minimum absolute atomic E-state index is 0.222. The van der Waals surface area contributed by atoms with E-state index in [1.165, 1.54) is 0 Å². The lowest BCUT2D eigenvalue weighted by Gasteiger charge is -2.12. The fraction of sp³-hybridized carbons (Fsp3) is 0.316. The Morgan fingerprint density at radius 2 is 2.12 bits per heavy atom. The van der Waals surface area contributed by atoms with Gasteiger partial charge in [0.15, 0.2) is 0 Å². The van der Waals surface area contributed by atoms with Gasteiger partial charge < -0.3 is 9.84 Å². The highest BCUT2D eigenvalue weighted by molar-refractivity contribution is 5.96. The van der Waals surface area contributed by atoms with Crippen molar-refractivity contribution < 1.29 is 9.84 Å². The Morgan fingerprint density at radius 3 is 2.92 bits per heavy atom. The van der Waals surface area contributed by atoms with Crippen LogP contribution >= 0.6 is 0 Å². The van der Waals surface area contributed by atoms with Crippen molar-refractivity contribution in [1.82, 2.24) is 15.2 Å². The summed E-state index contributed by atoms with van der Waals surface area (Å²) in [6.07, 6.45) is 5.49. The first kappa shape index (κ1) is 15.0. The third kappa shape index (κ3) is 2.71. The topological polar surface area (TPSA) is 68.1 Å². The molecule has 2 aromatic heterocycles. The molecule has 0 amide bonds. The molecule has 24 heavy (non-hydrogen) atoms. The van der Waals surface area contributed by atoms with Gasteiger partial charge in [0.2, 0.25) is 0 Å². The highest BCUT2D eigenvalue weighted by Crippen LogP contribution is 2.34. The molecule has 3 heterocycles. The number of fused-ring (bicyclic) bond motifs is 1. The van der Waals surface area contributed by atoms with E-state index in [2.05, 4.69) is 15.2 Å². The van der Waals surface area contributed by atoms with Gasteiger partial charge in [-0.05, 0) is 49.4 Å². The van der Waals surface area contributed by atoms with Crippen molar-refractivity contribution in [3.05, 3.63) is 47.9 Å². The van der Waals surface area contributed by atoms with Crippen molar-refractivity contribution in [3.63, 3.8) is 0 Å². The molecule has 1 fully saturated rings. The van der Waals surface area contributed by atoms with Crippen LogP contribution in [0.3, 0.4) is 0 Å². The number of phenols is 1. The SMILES string of the molecule is Cc1ccc(-c2nnc(C[C@H]3CCOC3)c3cnccc23)c(O)c1. The molecule has 0 aliphatic carbocycles. The summed E-state index contributed by atoms with van der Waals surface area (Å²) in [4.78, 5) is 4.26. The third-order valence-electron chi connectivity index (χ3n) is 4.57. The lowest BCUT2D eigenvalue weighted by molar-refractivity contribution is 0.185. The first-order valence-corrected chi connectivity index (χ1v) is 8.19. The molecule has 5 heteroatoms. The van der Waals surface area contributed by atoms with E-state index in [4.69, 9.17) is 4.74 Å². The van der Waals surface area contributed by atoms with Crippen LogP contribution in [0.2, 0.25) is 0 Å². The number of aromatic nitrogens is 3. The molecular weight excluding hydrogens is 302 g/mol. The Bertz CT molecular complexity index is 889. The molecule has 0 bridgehead atoms. The molecule has 1 aromatic carbocycles. The summed E-state index contributed by atoms with van der Waals surface area (Å²) in [6.45, 7) is 3.55. The van der Waals surface area contributed by atoms with Crippen LogP contribution in [0, 0.1) is 12.8 Å². The monoisotopic (exact) mass is 321 g/mol. The Balaban J connectivity index is 1.83. The summed E-state index contributed by atoms with van der Waals surface area (Å²) in [6, 6.07) is 7.54. The quantitative estimate of drug-likeness (QED) is 0.802. The zero-order chi connectivity index (χ0) is 16.5. The number of aryl methyl sites for hydroxylation is 1. The highest BCUT2D eigenvalue weighted by atomic mass is 16.5. The summed E-state index contributed by atoms with van der Waals surface area (Å²) >= 11 is 0. The van der Waals surface area contributed by atoms with E-state index in [1.54, 1.807) is 12.3 Å². The number of hydrogen-bond donors (Lipinski definition) is 1. The first-order chi connectivity index (χ1) is 11.7. The number of hydrogen-bond acceptors (Lipinski definition) is 5. The predicted molar refractivity (Wildman–Crippen MR) is 91.8 cm³/mol. The van der Waals surface area contributed by atoms with Crippen molar-refractivity contribution in [2.75, 3.05) is 13.2 Å². The van der Waals surface area contributed by atoms with E-state index in [0.717, 1.165) is 48.1 Å². The lowest BCUT2D eigenvalue weighted by atomic mass is 9.98. The fourth-order valence-corrected chi connectivity index (χ4v) is 3.26. The normalized spacial score (nSPS) is 17.5. The van der Waals surface area contributed by atoms with Gasteiger partial charge in [0.1, 0.15) is 11.4 Å². The van der Waals surface area contributed by atoms with Gasteiger partial charge in [-0.15, -0.1) is 5.10 Å². The molecule has 1 N–H and O–H groups in total. The minimum Gasteiger partial charge on any atom is -0.507 e. The van der Waals surface area contributed by atoms with Crippen LogP contribution in [0.25, 0.3) is 22.0 Å². The summed E-state index contributed by atoms with van der Waals surface area (Å²) in [5.74, 6) is 0.709. The van der Waals surface area contributed by atoms with Gasteiger partial charge in [-0.2, -0.15) is 5.10 Å². The molecule has 1 aliphatic heterocycles. The van der Waals surface area contributed by atoms with Crippen molar-refractivity contribution >= 4 is 10.8 Å². The average Bonchev–Trinajstić information content (AvgIpc) is 3.09. The summed E-state index contributed by atoms with van der Waals surface area (Å²) in [5.41, 5.74) is 3.34. The molecule has 4 rings (SSSR count). The van der Waals surface area contributed by atoms with Gasteiger partial charge in [0.05, 0.1) is 5.69 Å². The second kappa shape index (κ2) is 6.17. The predicted octanol–water partition coefficient (Wildman–Crippen LogP) is 3.28. The Kier molecular flexibility index (Phi) is 3.86. The van der Waals surface area contributed by atoms with Crippen molar-refractivity contribution in [1.29, 1.82) is 0 Å². The first-order valence-electron chi connectivity index (χ1n) is 8.19. The second-order valence-electron chi connectivity index (χ2n) is 6.37. The van der Waals surface area contributed by atoms with Crippen LogP contribution in [0.1, 0.15) is 17.7 Å². The average molecular weight is 321 g/mol. The summed E-state index contributed by atoms with van der Waals surface area (Å²) < 4.78 is 5.46. The molecule has 0 saturated carbocycles. The number of rotatable bonds is 3. The van der Waals surface area contributed by atoms with Gasteiger partial charge in [0.25, 0.3) is 0 Å². The van der Waals surface area contributed by atoms with Crippen LogP contribution in [0.4, 0.5) is 0 Å². The molecule has 1 saturated heterocycles. The van der Waals surface area contributed by atoms with Gasteiger partial charge in [-0.25, -0.2) is 0 Å². The summed E-state index contributed by atoms with van der Waals surface area (Å²) in [7, 11) is 0. The van der Waals surface area contributed by atoms with Gasteiger partial charge in [-0.3, -0.25) is 4.98 Å².